The number of aliphatic imine (C=N–C) groups is 1. The predicted octanol–water partition coefficient (Wildman–Crippen LogP) is 1.77. The molecule has 2 aromatic rings. The van der Waals surface area contributed by atoms with Crippen LogP contribution in [-0.2, 0) is 6.18 Å². The maximum atomic E-state index is 12.8. The lowest BCUT2D eigenvalue weighted by Crippen LogP contribution is -2.28. The number of nitrogens with one attached hydrogen (secondary N) is 1. The van der Waals surface area contributed by atoms with Crippen LogP contribution in [0.3, 0.4) is 0 Å². The Morgan fingerprint density at radius 1 is 1.22 bits per heavy atom. The van der Waals surface area contributed by atoms with Crippen molar-refractivity contribution >= 4 is 12.2 Å². The van der Waals surface area contributed by atoms with Gasteiger partial charge >= 0.3 is 11.9 Å². The Bertz CT molecular complexity index is 850. The zero-order valence-electron chi connectivity index (χ0n) is 12.3. The van der Waals surface area contributed by atoms with E-state index in [4.69, 9.17) is 0 Å². The SMILES string of the molecule is CN(C)C=Nc1cc(=O)[nH]c(=O)n1-c1cccc(C(F)(F)F)c1. The minimum atomic E-state index is -4.55. The van der Waals surface area contributed by atoms with E-state index in [1.165, 1.54) is 18.5 Å². The van der Waals surface area contributed by atoms with Crippen molar-refractivity contribution in [2.24, 2.45) is 4.99 Å². The summed E-state index contributed by atoms with van der Waals surface area (Å²) < 4.78 is 39.4. The molecule has 0 unspecified atom stereocenters. The molecule has 23 heavy (non-hydrogen) atoms. The smallest absolute Gasteiger partial charge is 0.369 e. The fourth-order valence-corrected chi connectivity index (χ4v) is 1.82. The van der Waals surface area contributed by atoms with Crippen molar-refractivity contribution < 1.29 is 13.2 Å². The molecular formula is C14H13F3N4O2. The zero-order valence-corrected chi connectivity index (χ0v) is 12.3. The highest BCUT2D eigenvalue weighted by molar-refractivity contribution is 5.60. The van der Waals surface area contributed by atoms with Crippen LogP contribution in [0.1, 0.15) is 5.56 Å². The van der Waals surface area contributed by atoms with E-state index < -0.39 is 23.0 Å². The number of aromatic nitrogens is 2. The Kier molecular flexibility index (Phi) is 4.39. The van der Waals surface area contributed by atoms with Gasteiger partial charge in [-0.15, -0.1) is 0 Å². The summed E-state index contributed by atoms with van der Waals surface area (Å²) in [6.45, 7) is 0. The molecule has 0 amide bonds. The first kappa shape index (κ1) is 16.5. The molecule has 1 aromatic carbocycles. The van der Waals surface area contributed by atoms with Crippen molar-refractivity contribution in [1.29, 1.82) is 0 Å². The van der Waals surface area contributed by atoms with E-state index in [9.17, 15) is 22.8 Å². The molecule has 0 radical (unpaired) electrons. The molecular weight excluding hydrogens is 313 g/mol. The molecule has 0 aliphatic heterocycles. The van der Waals surface area contributed by atoms with Crippen LogP contribution in [0.4, 0.5) is 19.0 Å². The molecule has 0 bridgehead atoms. The van der Waals surface area contributed by atoms with Gasteiger partial charge in [0.1, 0.15) is 5.82 Å². The summed E-state index contributed by atoms with van der Waals surface area (Å²) in [5.74, 6) is -0.0771. The third-order valence-corrected chi connectivity index (χ3v) is 2.78. The monoisotopic (exact) mass is 326 g/mol. The van der Waals surface area contributed by atoms with Crippen LogP contribution < -0.4 is 11.2 Å². The minimum Gasteiger partial charge on any atom is -0.369 e. The largest absolute Gasteiger partial charge is 0.416 e. The molecule has 0 aliphatic carbocycles. The molecule has 1 N–H and O–H groups in total. The molecule has 0 fully saturated rings. The Labute approximate surface area is 128 Å². The summed E-state index contributed by atoms with van der Waals surface area (Å²) in [6, 6.07) is 5.23. The lowest BCUT2D eigenvalue weighted by Gasteiger charge is -2.12. The number of hydrogen-bond acceptors (Lipinski definition) is 3. The van der Waals surface area contributed by atoms with E-state index >= 15 is 0 Å². The third kappa shape index (κ3) is 3.87. The van der Waals surface area contributed by atoms with Gasteiger partial charge in [0.05, 0.1) is 17.6 Å². The predicted molar refractivity (Wildman–Crippen MR) is 79.5 cm³/mol. The highest BCUT2D eigenvalue weighted by Crippen LogP contribution is 2.30. The van der Waals surface area contributed by atoms with Crippen LogP contribution >= 0.6 is 0 Å². The lowest BCUT2D eigenvalue weighted by atomic mass is 10.2. The molecule has 9 heteroatoms. The van der Waals surface area contributed by atoms with Crippen LogP contribution in [0, 0.1) is 0 Å². The molecule has 0 atom stereocenters. The maximum Gasteiger partial charge on any atom is 0.416 e. The number of hydrogen-bond donors (Lipinski definition) is 1. The number of nitrogens with zero attached hydrogens (tertiary/aromatic N) is 3. The number of rotatable bonds is 3. The average molecular weight is 326 g/mol. The van der Waals surface area contributed by atoms with Gasteiger partial charge in [-0.05, 0) is 18.2 Å². The van der Waals surface area contributed by atoms with Gasteiger partial charge in [-0.3, -0.25) is 9.78 Å². The van der Waals surface area contributed by atoms with Gasteiger partial charge in [0, 0.05) is 20.2 Å². The second-order valence-electron chi connectivity index (χ2n) is 4.89. The second kappa shape index (κ2) is 6.11. The molecule has 122 valence electrons. The number of halogens is 3. The molecule has 6 nitrogen and oxygen atoms in total. The van der Waals surface area contributed by atoms with E-state index in [1.807, 2.05) is 4.98 Å². The Balaban J connectivity index is 2.68. The fourth-order valence-electron chi connectivity index (χ4n) is 1.82. The number of alkyl halides is 3. The van der Waals surface area contributed by atoms with Crippen LogP contribution in [0.2, 0.25) is 0 Å². The summed E-state index contributed by atoms with van der Waals surface area (Å²) in [5, 5.41) is 0. The second-order valence-corrected chi connectivity index (χ2v) is 4.89. The van der Waals surface area contributed by atoms with Gasteiger partial charge < -0.3 is 4.90 Å². The van der Waals surface area contributed by atoms with Gasteiger partial charge in [-0.2, -0.15) is 13.2 Å². The van der Waals surface area contributed by atoms with Crippen LogP contribution in [0.5, 0.6) is 0 Å². The van der Waals surface area contributed by atoms with Crippen LogP contribution in [-0.4, -0.2) is 34.9 Å². The summed E-state index contributed by atoms with van der Waals surface area (Å²) in [6.07, 6.45) is -3.22. The molecule has 0 aliphatic rings. The van der Waals surface area contributed by atoms with Crippen molar-refractivity contribution in [2.45, 2.75) is 6.18 Å². The van der Waals surface area contributed by atoms with Crippen molar-refractivity contribution in [3.63, 3.8) is 0 Å². The van der Waals surface area contributed by atoms with E-state index in [2.05, 4.69) is 4.99 Å². The van der Waals surface area contributed by atoms with Gasteiger partial charge in [0.25, 0.3) is 5.56 Å². The van der Waals surface area contributed by atoms with Gasteiger partial charge in [0.15, 0.2) is 0 Å². The quantitative estimate of drug-likeness (QED) is 0.690. The van der Waals surface area contributed by atoms with Crippen molar-refractivity contribution in [2.75, 3.05) is 14.1 Å². The van der Waals surface area contributed by atoms with Crippen LogP contribution in [0.25, 0.3) is 5.69 Å². The van der Waals surface area contributed by atoms with Crippen molar-refractivity contribution in [1.82, 2.24) is 14.5 Å². The van der Waals surface area contributed by atoms with Crippen molar-refractivity contribution in [3.05, 3.63) is 56.7 Å². The van der Waals surface area contributed by atoms with E-state index in [0.29, 0.717) is 0 Å². The van der Waals surface area contributed by atoms with Crippen LogP contribution in [0.15, 0.2) is 44.9 Å². The van der Waals surface area contributed by atoms with Gasteiger partial charge in [-0.1, -0.05) is 6.07 Å². The van der Waals surface area contributed by atoms with Crippen molar-refractivity contribution in [3.8, 4) is 5.69 Å². The molecule has 1 heterocycles. The Morgan fingerprint density at radius 3 is 2.52 bits per heavy atom. The van der Waals surface area contributed by atoms with E-state index in [-0.39, 0.29) is 11.5 Å². The molecule has 0 saturated heterocycles. The van der Waals surface area contributed by atoms with Gasteiger partial charge in [0.2, 0.25) is 0 Å². The fraction of sp³-hybridized carbons (Fsp3) is 0.214. The highest BCUT2D eigenvalue weighted by atomic mass is 19.4. The maximum absolute atomic E-state index is 12.8. The summed E-state index contributed by atoms with van der Waals surface area (Å²) >= 11 is 0. The third-order valence-electron chi connectivity index (χ3n) is 2.78. The highest BCUT2D eigenvalue weighted by Gasteiger charge is 2.30. The zero-order chi connectivity index (χ0) is 17.2. The molecule has 0 saturated carbocycles. The first-order valence-electron chi connectivity index (χ1n) is 6.43. The number of benzene rings is 1. The molecule has 1 aromatic heterocycles. The summed E-state index contributed by atoms with van der Waals surface area (Å²) in [5.41, 5.74) is -2.52. The standard InChI is InChI=1S/C14H13F3N4O2/c1-20(2)8-18-11-7-12(22)19-13(23)21(11)10-5-3-4-9(6-10)14(15,16)17/h3-8H,1-2H3,(H,19,22,23). The number of H-pyrrole nitrogens is 1. The first-order valence-corrected chi connectivity index (χ1v) is 6.43. The molecule has 0 spiro atoms. The van der Waals surface area contributed by atoms with E-state index in [1.54, 1.807) is 19.0 Å². The normalized spacial score (nSPS) is 11.9. The summed E-state index contributed by atoms with van der Waals surface area (Å²) in [7, 11) is 3.34. The minimum absolute atomic E-state index is 0.0491. The number of aromatic amines is 1. The molecule has 2 rings (SSSR count). The average Bonchev–Trinajstić information content (AvgIpc) is 2.43. The van der Waals surface area contributed by atoms with Gasteiger partial charge in [-0.25, -0.2) is 14.4 Å². The topological polar surface area (TPSA) is 70.5 Å². The lowest BCUT2D eigenvalue weighted by molar-refractivity contribution is -0.137. The Morgan fingerprint density at radius 2 is 1.91 bits per heavy atom. The first-order chi connectivity index (χ1) is 10.7. The van der Waals surface area contributed by atoms with E-state index in [0.717, 1.165) is 22.8 Å². The Hall–Kier alpha value is -2.84. The summed E-state index contributed by atoms with van der Waals surface area (Å²) in [4.78, 5) is 31.0.